The van der Waals surface area contributed by atoms with Crippen LogP contribution in [0.3, 0.4) is 0 Å². The molecule has 1 N–H and O–H groups in total. The molecule has 0 spiro atoms. The monoisotopic (exact) mass is 468 g/mol. The highest BCUT2D eigenvalue weighted by molar-refractivity contribution is 5.85. The third kappa shape index (κ3) is 3.59. The van der Waals surface area contributed by atoms with Crippen LogP contribution in [0.1, 0.15) is 42.0 Å². The van der Waals surface area contributed by atoms with E-state index in [1.807, 2.05) is 60.7 Å². The maximum Gasteiger partial charge on any atom is 0.309 e. The Kier molecular flexibility index (Phi) is 4.96. The SMILES string of the molecule is CCC1(O)CC(=O)OCc2c1cc1n(c2=O)Cc2cc3cc(OCc4ccccc4)ccc3nc2-1. The number of pyridine rings is 2. The van der Waals surface area contributed by atoms with Gasteiger partial charge in [0.1, 0.15) is 24.6 Å². The van der Waals surface area contributed by atoms with Crippen LogP contribution >= 0.6 is 0 Å². The van der Waals surface area contributed by atoms with E-state index in [0.717, 1.165) is 27.8 Å². The Morgan fingerprint density at radius 3 is 2.74 bits per heavy atom. The van der Waals surface area contributed by atoms with Gasteiger partial charge in [0, 0.05) is 10.9 Å². The molecule has 0 saturated heterocycles. The van der Waals surface area contributed by atoms with E-state index >= 15 is 0 Å². The molecule has 2 aromatic heterocycles. The molecule has 2 aliphatic heterocycles. The van der Waals surface area contributed by atoms with Crippen molar-refractivity contribution in [2.24, 2.45) is 0 Å². The zero-order valence-corrected chi connectivity index (χ0v) is 19.3. The van der Waals surface area contributed by atoms with Crippen molar-refractivity contribution in [2.45, 2.75) is 45.1 Å². The number of nitrogens with zero attached hydrogens (tertiary/aromatic N) is 2. The summed E-state index contributed by atoms with van der Waals surface area (Å²) in [7, 11) is 0. The van der Waals surface area contributed by atoms with E-state index < -0.39 is 11.6 Å². The van der Waals surface area contributed by atoms with Gasteiger partial charge in [-0.15, -0.1) is 0 Å². The summed E-state index contributed by atoms with van der Waals surface area (Å²) in [5.74, 6) is 0.238. The second-order valence-electron chi connectivity index (χ2n) is 9.16. The average Bonchev–Trinajstić information content (AvgIpc) is 3.16. The first-order valence-corrected chi connectivity index (χ1v) is 11.7. The Morgan fingerprint density at radius 1 is 1.11 bits per heavy atom. The zero-order valence-electron chi connectivity index (χ0n) is 19.3. The number of fused-ring (bicyclic) bond motifs is 5. The van der Waals surface area contributed by atoms with Crippen molar-refractivity contribution in [1.82, 2.24) is 9.55 Å². The molecule has 7 heteroatoms. The van der Waals surface area contributed by atoms with Crippen LogP contribution in [-0.2, 0) is 34.9 Å². The summed E-state index contributed by atoms with van der Waals surface area (Å²) in [6.07, 6.45) is 0.116. The molecule has 0 saturated carbocycles. The number of hydrogen-bond donors (Lipinski definition) is 1. The third-order valence-corrected chi connectivity index (χ3v) is 6.99. The van der Waals surface area contributed by atoms with E-state index in [-0.39, 0.29) is 18.6 Å². The molecule has 2 aromatic carbocycles. The summed E-state index contributed by atoms with van der Waals surface area (Å²) in [5, 5.41) is 12.2. The van der Waals surface area contributed by atoms with Gasteiger partial charge in [-0.05, 0) is 47.9 Å². The highest BCUT2D eigenvalue weighted by Crippen LogP contribution is 2.39. The molecule has 0 amide bonds. The van der Waals surface area contributed by atoms with Gasteiger partial charge in [0.15, 0.2) is 0 Å². The Labute approximate surface area is 201 Å². The number of ether oxygens (including phenoxy) is 2. The highest BCUT2D eigenvalue weighted by Gasteiger charge is 2.39. The second kappa shape index (κ2) is 8.06. The first kappa shape index (κ1) is 21.6. The Hall–Kier alpha value is -3.97. The molecule has 0 fully saturated rings. The fourth-order valence-electron chi connectivity index (χ4n) is 4.99. The molecule has 2 aliphatic rings. The number of esters is 1. The van der Waals surface area contributed by atoms with Crippen molar-refractivity contribution in [2.75, 3.05) is 0 Å². The summed E-state index contributed by atoms with van der Waals surface area (Å²) < 4.78 is 12.9. The van der Waals surface area contributed by atoms with E-state index in [1.165, 1.54) is 0 Å². The number of aliphatic hydroxyl groups is 1. The van der Waals surface area contributed by atoms with E-state index in [9.17, 15) is 14.7 Å². The highest BCUT2D eigenvalue weighted by atomic mass is 16.5. The molecule has 6 rings (SSSR count). The standard InChI is InChI=1S/C28H24N2O5/c1-2-28(33)13-25(31)35-16-21-22(28)12-24-26-19(14-30(24)27(21)32)10-18-11-20(8-9-23(18)29-26)34-15-17-6-4-3-5-7-17/h3-12,33H,2,13-16H2,1H3. The van der Waals surface area contributed by atoms with Crippen LogP contribution in [0.4, 0.5) is 0 Å². The molecule has 4 heterocycles. The predicted molar refractivity (Wildman–Crippen MR) is 130 cm³/mol. The van der Waals surface area contributed by atoms with Gasteiger partial charge in [-0.25, -0.2) is 4.98 Å². The summed E-state index contributed by atoms with van der Waals surface area (Å²) >= 11 is 0. The van der Waals surface area contributed by atoms with Crippen LogP contribution in [0.5, 0.6) is 5.75 Å². The number of hydrogen-bond acceptors (Lipinski definition) is 6. The number of carbonyl (C=O) groups is 1. The summed E-state index contributed by atoms with van der Waals surface area (Å²) in [6.45, 7) is 2.50. The largest absolute Gasteiger partial charge is 0.489 e. The molecular formula is C28H24N2O5. The van der Waals surface area contributed by atoms with Gasteiger partial charge in [-0.2, -0.15) is 0 Å². The predicted octanol–water partition coefficient (Wildman–Crippen LogP) is 4.05. The summed E-state index contributed by atoms with van der Waals surface area (Å²) in [5.41, 5.74) is 3.26. The second-order valence-corrected chi connectivity index (χ2v) is 9.16. The Balaban J connectivity index is 1.40. The molecule has 1 atom stereocenters. The molecule has 7 nitrogen and oxygen atoms in total. The van der Waals surface area contributed by atoms with Crippen LogP contribution in [0, 0.1) is 0 Å². The van der Waals surface area contributed by atoms with Crippen molar-refractivity contribution in [3.05, 3.63) is 93.3 Å². The van der Waals surface area contributed by atoms with Gasteiger partial charge in [0.2, 0.25) is 0 Å². The summed E-state index contributed by atoms with van der Waals surface area (Å²) in [6, 6.07) is 19.6. The van der Waals surface area contributed by atoms with Crippen molar-refractivity contribution < 1.29 is 19.4 Å². The van der Waals surface area contributed by atoms with Gasteiger partial charge in [-0.3, -0.25) is 9.59 Å². The number of benzene rings is 2. The van der Waals surface area contributed by atoms with E-state index in [1.54, 1.807) is 11.5 Å². The summed E-state index contributed by atoms with van der Waals surface area (Å²) in [4.78, 5) is 30.4. The minimum Gasteiger partial charge on any atom is -0.489 e. The Bertz CT molecular complexity index is 1540. The van der Waals surface area contributed by atoms with Gasteiger partial charge in [0.05, 0.1) is 35.4 Å². The molecular weight excluding hydrogens is 444 g/mol. The fourth-order valence-corrected chi connectivity index (χ4v) is 4.99. The number of cyclic esters (lactones) is 1. The molecule has 35 heavy (non-hydrogen) atoms. The minimum absolute atomic E-state index is 0.135. The normalized spacial score (nSPS) is 18.4. The number of aromatic nitrogens is 2. The van der Waals surface area contributed by atoms with Gasteiger partial charge in [0.25, 0.3) is 5.56 Å². The molecule has 176 valence electrons. The molecule has 0 aliphatic carbocycles. The van der Waals surface area contributed by atoms with E-state index in [4.69, 9.17) is 14.5 Å². The third-order valence-electron chi connectivity index (χ3n) is 6.99. The van der Waals surface area contributed by atoms with E-state index in [2.05, 4.69) is 0 Å². The first-order chi connectivity index (χ1) is 16.9. The Morgan fingerprint density at radius 2 is 1.94 bits per heavy atom. The number of rotatable bonds is 4. The van der Waals surface area contributed by atoms with Crippen LogP contribution in [0.15, 0.2) is 65.5 Å². The maximum absolute atomic E-state index is 13.4. The lowest BCUT2D eigenvalue weighted by Crippen LogP contribution is -2.32. The average molecular weight is 469 g/mol. The number of carbonyl (C=O) groups excluding carboxylic acids is 1. The van der Waals surface area contributed by atoms with Gasteiger partial charge >= 0.3 is 5.97 Å². The topological polar surface area (TPSA) is 90.7 Å². The van der Waals surface area contributed by atoms with Gasteiger partial charge < -0.3 is 19.1 Å². The maximum atomic E-state index is 13.4. The van der Waals surface area contributed by atoms with Crippen molar-refractivity contribution in [3.63, 3.8) is 0 Å². The molecule has 0 radical (unpaired) electrons. The van der Waals surface area contributed by atoms with Crippen LogP contribution in [0.25, 0.3) is 22.3 Å². The van der Waals surface area contributed by atoms with Crippen molar-refractivity contribution in [3.8, 4) is 17.1 Å². The molecule has 0 bridgehead atoms. The van der Waals surface area contributed by atoms with Crippen molar-refractivity contribution in [1.29, 1.82) is 0 Å². The van der Waals surface area contributed by atoms with E-state index in [0.29, 0.717) is 42.1 Å². The van der Waals surface area contributed by atoms with Crippen molar-refractivity contribution >= 4 is 16.9 Å². The van der Waals surface area contributed by atoms with Crippen LogP contribution < -0.4 is 10.3 Å². The van der Waals surface area contributed by atoms with Crippen LogP contribution in [-0.4, -0.2) is 20.6 Å². The lowest BCUT2D eigenvalue weighted by molar-refractivity contribution is -0.149. The lowest BCUT2D eigenvalue weighted by Gasteiger charge is -2.26. The first-order valence-electron chi connectivity index (χ1n) is 11.7. The molecule has 1 unspecified atom stereocenters. The van der Waals surface area contributed by atoms with Gasteiger partial charge in [-0.1, -0.05) is 37.3 Å². The smallest absolute Gasteiger partial charge is 0.309 e. The fraction of sp³-hybridized carbons (Fsp3) is 0.250. The molecule has 4 aromatic rings. The lowest BCUT2D eigenvalue weighted by atomic mass is 9.85. The minimum atomic E-state index is -1.44. The quantitative estimate of drug-likeness (QED) is 0.400. The zero-order chi connectivity index (χ0) is 24.2. The van der Waals surface area contributed by atoms with Crippen LogP contribution in [0.2, 0.25) is 0 Å².